The van der Waals surface area contributed by atoms with Crippen LogP contribution >= 0.6 is 11.8 Å². The molecular formula is C15H12F3N3O4S. The molecule has 1 heterocycles. The van der Waals surface area contributed by atoms with Crippen molar-refractivity contribution in [2.75, 3.05) is 18.2 Å². The van der Waals surface area contributed by atoms with Crippen LogP contribution in [0.4, 0.5) is 18.9 Å². The molecule has 0 radical (unpaired) electrons. The third-order valence-electron chi connectivity index (χ3n) is 2.98. The number of benzene rings is 1. The molecule has 0 unspecified atom stereocenters. The van der Waals surface area contributed by atoms with Crippen molar-refractivity contribution < 1.29 is 27.5 Å². The number of carbonyl (C=O) groups is 2. The van der Waals surface area contributed by atoms with E-state index in [0.717, 1.165) is 23.9 Å². The molecule has 0 atom stereocenters. The van der Waals surface area contributed by atoms with E-state index < -0.39 is 40.6 Å². The fourth-order valence-corrected chi connectivity index (χ4v) is 2.50. The number of rotatable bonds is 6. The number of methoxy groups -OCH3 is 1. The van der Waals surface area contributed by atoms with Crippen molar-refractivity contribution in [3.8, 4) is 0 Å². The molecule has 0 saturated heterocycles. The number of hydrogen-bond donors (Lipinski definition) is 2. The van der Waals surface area contributed by atoms with Crippen LogP contribution in [0.5, 0.6) is 0 Å². The average molecular weight is 387 g/mol. The summed E-state index contributed by atoms with van der Waals surface area (Å²) in [6.45, 7) is 0. The molecule has 0 aliphatic carbocycles. The van der Waals surface area contributed by atoms with Gasteiger partial charge in [-0.3, -0.25) is 14.4 Å². The van der Waals surface area contributed by atoms with E-state index in [0.29, 0.717) is 6.07 Å². The number of carbonyl (C=O) groups excluding carboxylic acids is 2. The van der Waals surface area contributed by atoms with Gasteiger partial charge >= 0.3 is 5.97 Å². The van der Waals surface area contributed by atoms with E-state index in [2.05, 4.69) is 20.0 Å². The second kappa shape index (κ2) is 8.52. The van der Waals surface area contributed by atoms with Gasteiger partial charge in [0, 0.05) is 6.07 Å². The molecule has 0 aliphatic heterocycles. The predicted octanol–water partition coefficient (Wildman–Crippen LogP) is 1.63. The SMILES string of the molecule is COC(=O)Cc1cc(=O)[nH]c(SCC(=O)Nc2ccc(F)c(F)c2F)n1. The maximum atomic E-state index is 13.5. The van der Waals surface area contributed by atoms with Crippen LogP contribution in [-0.2, 0) is 20.7 Å². The molecule has 2 N–H and O–H groups in total. The van der Waals surface area contributed by atoms with E-state index >= 15 is 0 Å². The van der Waals surface area contributed by atoms with Crippen molar-refractivity contribution in [2.24, 2.45) is 0 Å². The van der Waals surface area contributed by atoms with Crippen LogP contribution < -0.4 is 10.9 Å². The molecule has 0 bridgehead atoms. The summed E-state index contributed by atoms with van der Waals surface area (Å²) in [5, 5.41) is 2.14. The van der Waals surface area contributed by atoms with E-state index in [1.807, 2.05) is 0 Å². The molecule has 26 heavy (non-hydrogen) atoms. The fraction of sp³-hybridized carbons (Fsp3) is 0.200. The third kappa shape index (κ3) is 5.09. The van der Waals surface area contributed by atoms with Gasteiger partial charge in [-0.2, -0.15) is 0 Å². The Kier molecular flexibility index (Phi) is 6.39. The summed E-state index contributed by atoms with van der Waals surface area (Å²) in [7, 11) is 1.19. The Morgan fingerprint density at radius 2 is 2.00 bits per heavy atom. The van der Waals surface area contributed by atoms with E-state index in [1.165, 1.54) is 7.11 Å². The number of aromatic nitrogens is 2. The van der Waals surface area contributed by atoms with Gasteiger partial charge in [0.05, 0.1) is 30.7 Å². The Labute approximate surface area is 149 Å². The number of halogens is 3. The predicted molar refractivity (Wildman–Crippen MR) is 86.2 cm³/mol. The summed E-state index contributed by atoms with van der Waals surface area (Å²) in [5.41, 5.74) is -0.904. The topological polar surface area (TPSA) is 101 Å². The highest BCUT2D eigenvalue weighted by atomic mass is 32.2. The number of thioether (sulfide) groups is 1. The van der Waals surface area contributed by atoms with Crippen molar-refractivity contribution >= 4 is 29.3 Å². The second-order valence-electron chi connectivity index (χ2n) is 4.85. The monoisotopic (exact) mass is 387 g/mol. The van der Waals surface area contributed by atoms with Crippen LogP contribution in [0.1, 0.15) is 5.69 Å². The molecule has 0 spiro atoms. The van der Waals surface area contributed by atoms with Crippen molar-refractivity contribution in [3.63, 3.8) is 0 Å². The van der Waals surface area contributed by atoms with Gasteiger partial charge in [0.1, 0.15) is 0 Å². The fourth-order valence-electron chi connectivity index (χ4n) is 1.81. The zero-order valence-electron chi connectivity index (χ0n) is 13.3. The summed E-state index contributed by atoms with van der Waals surface area (Å²) in [6.07, 6.45) is -0.222. The molecule has 0 fully saturated rings. The van der Waals surface area contributed by atoms with E-state index in [-0.39, 0.29) is 23.0 Å². The first-order valence-corrected chi connectivity index (χ1v) is 8.02. The minimum absolute atomic E-state index is 0.0531. The number of nitrogens with zero attached hydrogens (tertiary/aromatic N) is 1. The minimum Gasteiger partial charge on any atom is -0.469 e. The zero-order chi connectivity index (χ0) is 19.3. The second-order valence-corrected chi connectivity index (χ2v) is 5.82. The molecule has 1 amide bonds. The maximum absolute atomic E-state index is 13.5. The van der Waals surface area contributed by atoms with Gasteiger partial charge < -0.3 is 15.0 Å². The van der Waals surface area contributed by atoms with Crippen molar-refractivity contribution in [2.45, 2.75) is 11.6 Å². The maximum Gasteiger partial charge on any atom is 0.311 e. The quantitative estimate of drug-likeness (QED) is 0.338. The smallest absolute Gasteiger partial charge is 0.311 e. The van der Waals surface area contributed by atoms with Gasteiger partial charge in [-0.05, 0) is 12.1 Å². The number of ether oxygens (including phenoxy) is 1. The summed E-state index contributed by atoms with van der Waals surface area (Å²) in [5.74, 6) is -6.22. The Balaban J connectivity index is 2.02. The number of aromatic amines is 1. The number of hydrogen-bond acceptors (Lipinski definition) is 6. The molecule has 1 aromatic heterocycles. The lowest BCUT2D eigenvalue weighted by atomic mass is 10.3. The molecule has 11 heteroatoms. The highest BCUT2D eigenvalue weighted by Gasteiger charge is 2.16. The Morgan fingerprint density at radius 1 is 1.27 bits per heavy atom. The average Bonchev–Trinajstić information content (AvgIpc) is 2.60. The minimum atomic E-state index is -1.70. The lowest BCUT2D eigenvalue weighted by Gasteiger charge is -2.07. The highest BCUT2D eigenvalue weighted by molar-refractivity contribution is 7.99. The first-order valence-electron chi connectivity index (χ1n) is 7.03. The van der Waals surface area contributed by atoms with E-state index in [9.17, 15) is 27.6 Å². The van der Waals surface area contributed by atoms with Crippen molar-refractivity contribution in [3.05, 3.63) is 51.7 Å². The van der Waals surface area contributed by atoms with Crippen molar-refractivity contribution in [1.29, 1.82) is 0 Å². The largest absolute Gasteiger partial charge is 0.469 e. The highest BCUT2D eigenvalue weighted by Crippen LogP contribution is 2.20. The number of amides is 1. The van der Waals surface area contributed by atoms with Crippen LogP contribution in [0.2, 0.25) is 0 Å². The lowest BCUT2D eigenvalue weighted by Crippen LogP contribution is -2.17. The first-order chi connectivity index (χ1) is 12.3. The van der Waals surface area contributed by atoms with E-state index in [4.69, 9.17) is 0 Å². The van der Waals surface area contributed by atoms with Gasteiger partial charge in [-0.15, -0.1) is 0 Å². The molecule has 7 nitrogen and oxygen atoms in total. The van der Waals surface area contributed by atoms with E-state index in [1.54, 1.807) is 0 Å². The molecular weight excluding hydrogens is 375 g/mol. The number of esters is 1. The van der Waals surface area contributed by atoms with Crippen LogP contribution in [-0.4, -0.2) is 34.7 Å². The Morgan fingerprint density at radius 3 is 2.69 bits per heavy atom. The molecule has 138 valence electrons. The van der Waals surface area contributed by atoms with Crippen LogP contribution in [0, 0.1) is 17.5 Å². The molecule has 2 rings (SSSR count). The van der Waals surface area contributed by atoms with Gasteiger partial charge in [0.2, 0.25) is 5.91 Å². The first kappa shape index (κ1) is 19.5. The number of nitrogens with one attached hydrogen (secondary N) is 2. The number of H-pyrrole nitrogens is 1. The molecule has 1 aromatic carbocycles. The van der Waals surface area contributed by atoms with Crippen LogP contribution in [0.15, 0.2) is 28.2 Å². The standard InChI is InChI=1S/C15H12F3N3O4S/c1-25-12(24)5-7-4-10(22)21-15(19-7)26-6-11(23)20-9-3-2-8(16)13(17)14(9)18/h2-4H,5-6H2,1H3,(H,20,23)(H,19,21,22). The summed E-state index contributed by atoms with van der Waals surface area (Å²) in [6, 6.07) is 2.67. The Bertz CT molecular complexity index is 904. The van der Waals surface area contributed by atoms with Crippen LogP contribution in [0.3, 0.4) is 0 Å². The van der Waals surface area contributed by atoms with Crippen molar-refractivity contribution in [1.82, 2.24) is 9.97 Å². The molecule has 0 aliphatic rings. The lowest BCUT2D eigenvalue weighted by molar-refractivity contribution is -0.139. The van der Waals surface area contributed by atoms with Crippen LogP contribution in [0.25, 0.3) is 0 Å². The zero-order valence-corrected chi connectivity index (χ0v) is 14.1. The van der Waals surface area contributed by atoms with Gasteiger partial charge in [-0.1, -0.05) is 11.8 Å². The summed E-state index contributed by atoms with van der Waals surface area (Å²) < 4.78 is 44.0. The molecule has 0 saturated carbocycles. The molecule has 2 aromatic rings. The summed E-state index contributed by atoms with van der Waals surface area (Å²) in [4.78, 5) is 40.9. The third-order valence-corrected chi connectivity index (χ3v) is 3.85. The van der Waals surface area contributed by atoms with Gasteiger partial charge in [0.25, 0.3) is 5.56 Å². The normalized spacial score (nSPS) is 10.5. The summed E-state index contributed by atoms with van der Waals surface area (Å²) >= 11 is 0.803. The van der Waals surface area contributed by atoms with Gasteiger partial charge in [-0.25, -0.2) is 18.2 Å². The number of anilines is 1. The van der Waals surface area contributed by atoms with Gasteiger partial charge in [0.15, 0.2) is 22.6 Å². The Hall–Kier alpha value is -2.82.